The van der Waals surface area contributed by atoms with Gasteiger partial charge < -0.3 is 11.6 Å². The summed E-state index contributed by atoms with van der Waals surface area (Å²) < 4.78 is 0. The van der Waals surface area contributed by atoms with Gasteiger partial charge in [-0.05, 0) is 13.8 Å². The molecule has 4 nitrogen and oxygen atoms in total. The summed E-state index contributed by atoms with van der Waals surface area (Å²) in [6.07, 6.45) is 1.82. The van der Waals surface area contributed by atoms with E-state index in [-0.39, 0.29) is 31.0 Å². The number of rotatable bonds is 1. The summed E-state index contributed by atoms with van der Waals surface area (Å²) in [6, 6.07) is 0.490. The molecule has 5 heteroatoms. The van der Waals surface area contributed by atoms with Crippen molar-refractivity contribution in [3.8, 4) is 0 Å². The van der Waals surface area contributed by atoms with Crippen molar-refractivity contribution in [3.63, 3.8) is 0 Å². The fraction of sp³-hybridized carbons (Fsp3) is 0.714. The zero-order valence-electron chi connectivity index (χ0n) is 9.20. The van der Waals surface area contributed by atoms with Crippen molar-refractivity contribution in [2.45, 2.75) is 19.9 Å². The molecule has 0 saturated heterocycles. The Balaban J connectivity index is 0. The van der Waals surface area contributed by atoms with Crippen molar-refractivity contribution in [1.82, 2.24) is 10.2 Å². The summed E-state index contributed by atoms with van der Waals surface area (Å²) in [5, 5.41) is 3.08. The molecule has 0 spiro atoms. The Kier molecular flexibility index (Phi) is 5.53. The average molecular weight is 178 g/mol. The molecule has 0 amide bonds. The Morgan fingerprint density at radius 2 is 2.42 bits per heavy atom. The van der Waals surface area contributed by atoms with E-state index in [1.807, 2.05) is 6.34 Å². The number of nitrogens with one attached hydrogen (secondary N) is 1. The molecule has 1 aliphatic rings. The predicted molar refractivity (Wildman–Crippen MR) is 47.9 cm³/mol. The standard InChI is InChI=1S/C7H14N4.Na.H/c1-6(2)11-4-9-7(8-3)10-5-11;;/h4,6H,5H2,1-3H3,(H,8,10);;/q;+1;-1. The Labute approximate surface area is 96.9 Å². The first-order chi connectivity index (χ1) is 5.24. The molecule has 0 aromatic carbocycles. The molecule has 0 aliphatic carbocycles. The molecule has 0 unspecified atom stereocenters. The van der Waals surface area contributed by atoms with Crippen LogP contribution in [-0.2, 0) is 0 Å². The smallest absolute Gasteiger partial charge is 1.00 e. The van der Waals surface area contributed by atoms with Crippen LogP contribution < -0.4 is 34.9 Å². The molecule has 0 aromatic rings. The van der Waals surface area contributed by atoms with E-state index < -0.39 is 0 Å². The average Bonchev–Trinajstić information content (AvgIpc) is 2.05. The molecular formula is C7H15N4Na. The van der Waals surface area contributed by atoms with Crippen LogP contribution in [0.15, 0.2) is 9.98 Å². The van der Waals surface area contributed by atoms with Gasteiger partial charge in [-0.2, -0.15) is 0 Å². The monoisotopic (exact) mass is 178 g/mol. The minimum Gasteiger partial charge on any atom is -1.00 e. The van der Waals surface area contributed by atoms with E-state index in [2.05, 4.69) is 34.0 Å². The summed E-state index contributed by atoms with van der Waals surface area (Å²) in [4.78, 5) is 10.1. The molecule has 1 rings (SSSR count). The van der Waals surface area contributed by atoms with E-state index in [0.29, 0.717) is 12.0 Å². The molecule has 12 heavy (non-hydrogen) atoms. The van der Waals surface area contributed by atoms with Gasteiger partial charge in [0.05, 0.1) is 13.0 Å². The van der Waals surface area contributed by atoms with Gasteiger partial charge in [-0.25, -0.2) is 4.99 Å². The fourth-order valence-corrected chi connectivity index (χ4v) is 0.830. The van der Waals surface area contributed by atoms with Crippen LogP contribution in [0.1, 0.15) is 15.3 Å². The zero-order valence-corrected chi connectivity index (χ0v) is 10.2. The Hall–Kier alpha value is -0.0600. The van der Waals surface area contributed by atoms with Crippen LogP contribution in [0.4, 0.5) is 0 Å². The van der Waals surface area contributed by atoms with Crippen LogP contribution in [0.5, 0.6) is 0 Å². The van der Waals surface area contributed by atoms with Gasteiger partial charge >= 0.3 is 29.6 Å². The minimum atomic E-state index is 0. The van der Waals surface area contributed by atoms with E-state index in [4.69, 9.17) is 0 Å². The molecule has 0 atom stereocenters. The largest absolute Gasteiger partial charge is 1.00 e. The van der Waals surface area contributed by atoms with Gasteiger partial charge in [0.25, 0.3) is 0 Å². The Morgan fingerprint density at radius 3 is 2.75 bits per heavy atom. The first-order valence-corrected chi connectivity index (χ1v) is 3.74. The third-order valence-electron chi connectivity index (χ3n) is 1.62. The second kappa shape index (κ2) is 5.56. The molecule has 0 aromatic heterocycles. The SMILES string of the molecule is CN=C1N=CN(C(C)C)CN1.[H-].[Na+]. The molecule has 0 fully saturated rings. The van der Waals surface area contributed by atoms with Crippen molar-refractivity contribution >= 4 is 12.3 Å². The van der Waals surface area contributed by atoms with E-state index in [0.717, 1.165) is 6.67 Å². The van der Waals surface area contributed by atoms with Crippen molar-refractivity contribution in [1.29, 1.82) is 0 Å². The van der Waals surface area contributed by atoms with Crippen molar-refractivity contribution < 1.29 is 31.0 Å². The predicted octanol–water partition coefficient (Wildman–Crippen LogP) is -2.61. The number of hydrogen-bond donors (Lipinski definition) is 1. The number of aliphatic imine (C=N–C) groups is 2. The van der Waals surface area contributed by atoms with Gasteiger partial charge in [0.15, 0.2) is 0 Å². The van der Waals surface area contributed by atoms with E-state index >= 15 is 0 Å². The fourth-order valence-electron chi connectivity index (χ4n) is 0.830. The molecule has 1 aliphatic heterocycles. The molecule has 0 bridgehead atoms. The third kappa shape index (κ3) is 3.13. The summed E-state index contributed by atoms with van der Waals surface area (Å²) in [5.74, 6) is 0.710. The quantitative estimate of drug-likeness (QED) is 0.447. The molecular weight excluding hydrogens is 163 g/mol. The summed E-state index contributed by atoms with van der Waals surface area (Å²) in [6.45, 7) is 5.05. The second-order valence-electron chi connectivity index (χ2n) is 2.73. The van der Waals surface area contributed by atoms with E-state index in [9.17, 15) is 0 Å². The maximum atomic E-state index is 4.09. The maximum Gasteiger partial charge on any atom is 1.00 e. The van der Waals surface area contributed by atoms with Crippen molar-refractivity contribution in [2.75, 3.05) is 13.7 Å². The number of guanidine groups is 1. The van der Waals surface area contributed by atoms with E-state index in [1.165, 1.54) is 0 Å². The van der Waals surface area contributed by atoms with Crippen LogP contribution >= 0.6 is 0 Å². The number of nitrogens with zero attached hydrogens (tertiary/aromatic N) is 3. The second-order valence-corrected chi connectivity index (χ2v) is 2.73. The topological polar surface area (TPSA) is 40.0 Å². The third-order valence-corrected chi connectivity index (χ3v) is 1.62. The van der Waals surface area contributed by atoms with Crippen LogP contribution in [0.2, 0.25) is 0 Å². The minimum absolute atomic E-state index is 0. The van der Waals surface area contributed by atoms with Gasteiger partial charge in [0, 0.05) is 13.1 Å². The zero-order chi connectivity index (χ0) is 8.27. The van der Waals surface area contributed by atoms with Crippen molar-refractivity contribution in [2.24, 2.45) is 9.98 Å². The Bertz CT molecular complexity index is 193. The molecule has 0 saturated carbocycles. The van der Waals surface area contributed by atoms with Gasteiger partial charge in [0.2, 0.25) is 5.96 Å². The summed E-state index contributed by atoms with van der Waals surface area (Å²) in [7, 11) is 1.73. The van der Waals surface area contributed by atoms with Gasteiger partial charge in [-0.3, -0.25) is 4.99 Å². The van der Waals surface area contributed by atoms with Crippen LogP contribution in [-0.4, -0.2) is 37.0 Å². The molecule has 1 N–H and O–H groups in total. The summed E-state index contributed by atoms with van der Waals surface area (Å²) >= 11 is 0. The van der Waals surface area contributed by atoms with Crippen LogP contribution in [0, 0.1) is 0 Å². The van der Waals surface area contributed by atoms with Crippen LogP contribution in [0.3, 0.4) is 0 Å². The van der Waals surface area contributed by atoms with Gasteiger partial charge in [-0.15, -0.1) is 0 Å². The first kappa shape index (κ1) is 11.9. The van der Waals surface area contributed by atoms with Gasteiger partial charge in [-0.1, -0.05) is 0 Å². The van der Waals surface area contributed by atoms with E-state index in [1.54, 1.807) is 7.05 Å². The van der Waals surface area contributed by atoms with Crippen molar-refractivity contribution in [3.05, 3.63) is 0 Å². The first-order valence-electron chi connectivity index (χ1n) is 3.74. The van der Waals surface area contributed by atoms with Gasteiger partial charge in [0.1, 0.15) is 0 Å². The Morgan fingerprint density at radius 1 is 1.75 bits per heavy atom. The maximum absolute atomic E-state index is 4.09. The number of hydrogen-bond acceptors (Lipinski definition) is 2. The summed E-state index contributed by atoms with van der Waals surface area (Å²) in [5.41, 5.74) is 0. The molecule has 64 valence electrons. The molecule has 0 radical (unpaired) electrons. The van der Waals surface area contributed by atoms with Crippen LogP contribution in [0.25, 0.3) is 0 Å². The molecule has 1 heterocycles. The normalized spacial score (nSPS) is 19.3.